The van der Waals surface area contributed by atoms with Gasteiger partial charge in [0.2, 0.25) is 5.91 Å². The monoisotopic (exact) mass is 326 g/mol. The fraction of sp³-hybridized carbons (Fsp3) is 0.222. The van der Waals surface area contributed by atoms with E-state index in [0.29, 0.717) is 23.4 Å². The molecule has 0 radical (unpaired) electrons. The molecule has 1 atom stereocenters. The van der Waals surface area contributed by atoms with Gasteiger partial charge in [-0.05, 0) is 24.3 Å². The van der Waals surface area contributed by atoms with Gasteiger partial charge in [-0.25, -0.2) is 5.01 Å². The Balaban J connectivity index is 2.02. The molecule has 0 aliphatic carbocycles. The quantitative estimate of drug-likeness (QED) is 0.908. The minimum absolute atomic E-state index is 0.0878. The average molecular weight is 326 g/mol. The summed E-state index contributed by atoms with van der Waals surface area (Å²) in [7, 11) is 1.51. The van der Waals surface area contributed by atoms with E-state index in [9.17, 15) is 15.0 Å². The van der Waals surface area contributed by atoms with Crippen LogP contribution in [0.15, 0.2) is 47.6 Å². The molecule has 2 aromatic rings. The zero-order valence-electron chi connectivity index (χ0n) is 13.4. The first-order valence-electron chi connectivity index (χ1n) is 7.53. The zero-order chi connectivity index (χ0) is 17.3. The topological polar surface area (TPSA) is 82.4 Å². The second kappa shape index (κ2) is 6.23. The molecule has 0 aromatic heterocycles. The van der Waals surface area contributed by atoms with Crippen LogP contribution in [0, 0.1) is 0 Å². The normalized spacial score (nSPS) is 16.8. The largest absolute Gasteiger partial charge is 0.508 e. The maximum Gasteiger partial charge on any atom is 0.240 e. The van der Waals surface area contributed by atoms with Crippen molar-refractivity contribution >= 4 is 11.6 Å². The number of hydrogen-bond donors (Lipinski definition) is 2. The molecule has 1 aliphatic rings. The fourth-order valence-corrected chi connectivity index (χ4v) is 2.90. The SMILES string of the molecule is COc1cc(O)ccc1C1CC(c2ccccc2O)=NN1C(C)=O. The van der Waals surface area contributed by atoms with Crippen LogP contribution >= 0.6 is 0 Å². The molecular formula is C18H18N2O4. The number of nitrogens with zero attached hydrogens (tertiary/aromatic N) is 2. The van der Waals surface area contributed by atoms with Gasteiger partial charge >= 0.3 is 0 Å². The molecular weight excluding hydrogens is 308 g/mol. The van der Waals surface area contributed by atoms with E-state index < -0.39 is 0 Å². The van der Waals surface area contributed by atoms with Crippen molar-refractivity contribution in [1.82, 2.24) is 5.01 Å². The predicted molar refractivity (Wildman–Crippen MR) is 89.2 cm³/mol. The van der Waals surface area contributed by atoms with E-state index in [0.717, 1.165) is 5.56 Å². The predicted octanol–water partition coefficient (Wildman–Crippen LogP) is 2.80. The summed E-state index contributed by atoms with van der Waals surface area (Å²) in [6.07, 6.45) is 0.443. The Labute approximate surface area is 139 Å². The molecule has 6 nitrogen and oxygen atoms in total. The van der Waals surface area contributed by atoms with Gasteiger partial charge in [0.1, 0.15) is 17.2 Å². The van der Waals surface area contributed by atoms with Gasteiger partial charge in [-0.3, -0.25) is 4.79 Å². The Bertz CT molecular complexity index is 816. The summed E-state index contributed by atoms with van der Waals surface area (Å²) in [6.45, 7) is 1.44. The number of hydrogen-bond acceptors (Lipinski definition) is 5. The van der Waals surface area contributed by atoms with Crippen LogP contribution in [0.1, 0.15) is 30.5 Å². The molecule has 6 heteroatoms. The van der Waals surface area contributed by atoms with Gasteiger partial charge in [0.15, 0.2) is 0 Å². The molecule has 0 bridgehead atoms. The van der Waals surface area contributed by atoms with E-state index >= 15 is 0 Å². The Kier molecular flexibility index (Phi) is 4.12. The van der Waals surface area contributed by atoms with E-state index in [1.54, 1.807) is 30.3 Å². The van der Waals surface area contributed by atoms with Crippen molar-refractivity contribution in [1.29, 1.82) is 0 Å². The van der Waals surface area contributed by atoms with Crippen molar-refractivity contribution in [3.05, 3.63) is 53.6 Å². The summed E-state index contributed by atoms with van der Waals surface area (Å²) < 4.78 is 5.33. The molecule has 124 valence electrons. The lowest BCUT2D eigenvalue weighted by atomic mass is 9.97. The maximum atomic E-state index is 12.0. The number of phenolic OH excluding ortho intramolecular Hbond substituents is 2. The van der Waals surface area contributed by atoms with Crippen LogP contribution in [0.5, 0.6) is 17.2 Å². The van der Waals surface area contributed by atoms with Crippen molar-refractivity contribution in [2.45, 2.75) is 19.4 Å². The molecule has 2 N–H and O–H groups in total. The lowest BCUT2D eigenvalue weighted by Gasteiger charge is -2.22. The number of amides is 1. The second-order valence-corrected chi connectivity index (χ2v) is 5.57. The van der Waals surface area contributed by atoms with Gasteiger partial charge in [-0.15, -0.1) is 0 Å². The summed E-state index contributed by atoms with van der Waals surface area (Å²) in [5.74, 6) is 0.489. The summed E-state index contributed by atoms with van der Waals surface area (Å²) in [6, 6.07) is 11.3. The highest BCUT2D eigenvalue weighted by Crippen LogP contribution is 2.39. The number of benzene rings is 2. The number of methoxy groups -OCH3 is 1. The summed E-state index contributed by atoms with van der Waals surface area (Å²) >= 11 is 0. The van der Waals surface area contributed by atoms with Gasteiger partial charge in [0.25, 0.3) is 0 Å². The van der Waals surface area contributed by atoms with Gasteiger partial charge < -0.3 is 14.9 Å². The lowest BCUT2D eigenvalue weighted by molar-refractivity contribution is -0.130. The Morgan fingerprint density at radius 1 is 1.25 bits per heavy atom. The molecule has 2 aromatic carbocycles. The highest BCUT2D eigenvalue weighted by molar-refractivity contribution is 6.05. The maximum absolute atomic E-state index is 12.0. The molecule has 24 heavy (non-hydrogen) atoms. The van der Waals surface area contributed by atoms with E-state index in [1.165, 1.54) is 25.1 Å². The molecule has 1 unspecified atom stereocenters. The van der Waals surface area contributed by atoms with Crippen molar-refractivity contribution in [3.8, 4) is 17.2 Å². The van der Waals surface area contributed by atoms with Crippen LogP contribution in [0.4, 0.5) is 0 Å². The summed E-state index contributed by atoms with van der Waals surface area (Å²) in [5, 5.41) is 25.5. The minimum Gasteiger partial charge on any atom is -0.508 e. The number of carbonyl (C=O) groups is 1. The molecule has 1 amide bonds. The Morgan fingerprint density at radius 2 is 2.00 bits per heavy atom. The first-order valence-corrected chi connectivity index (χ1v) is 7.53. The van der Waals surface area contributed by atoms with Crippen molar-refractivity contribution < 1.29 is 19.7 Å². The van der Waals surface area contributed by atoms with Gasteiger partial charge in [-0.1, -0.05) is 12.1 Å². The highest BCUT2D eigenvalue weighted by atomic mass is 16.5. The molecule has 3 rings (SSSR count). The van der Waals surface area contributed by atoms with Crippen LogP contribution < -0.4 is 4.74 Å². The fourth-order valence-electron chi connectivity index (χ4n) is 2.90. The number of carbonyl (C=O) groups excluding carboxylic acids is 1. The molecule has 1 aliphatic heterocycles. The molecule has 1 heterocycles. The van der Waals surface area contributed by atoms with E-state index in [4.69, 9.17) is 4.74 Å². The molecule has 0 fully saturated rings. The Morgan fingerprint density at radius 3 is 2.67 bits per heavy atom. The number of phenols is 2. The standard InChI is InChI=1S/C18H18N2O4/c1-11(21)20-16(14-8-7-12(22)9-18(14)24-2)10-15(19-20)13-5-3-4-6-17(13)23/h3-9,16,22-23H,10H2,1-2H3. The zero-order valence-corrected chi connectivity index (χ0v) is 13.4. The highest BCUT2D eigenvalue weighted by Gasteiger charge is 2.34. The van der Waals surface area contributed by atoms with Crippen LogP contribution in [-0.2, 0) is 4.79 Å². The minimum atomic E-state index is -0.354. The van der Waals surface area contributed by atoms with Crippen LogP contribution in [-0.4, -0.2) is 34.0 Å². The smallest absolute Gasteiger partial charge is 0.240 e. The number of rotatable bonds is 3. The number of hydrazone groups is 1. The van der Waals surface area contributed by atoms with Gasteiger partial charge in [0, 0.05) is 30.5 Å². The van der Waals surface area contributed by atoms with Gasteiger partial charge in [0.05, 0.1) is 18.9 Å². The van der Waals surface area contributed by atoms with Crippen LogP contribution in [0.25, 0.3) is 0 Å². The number of para-hydroxylation sites is 1. The first kappa shape index (κ1) is 15.9. The summed E-state index contributed by atoms with van der Waals surface area (Å²) in [4.78, 5) is 12.0. The van der Waals surface area contributed by atoms with Crippen molar-refractivity contribution in [2.24, 2.45) is 5.10 Å². The molecule has 0 saturated carbocycles. The lowest BCUT2D eigenvalue weighted by Crippen LogP contribution is -2.24. The van der Waals surface area contributed by atoms with E-state index in [1.807, 2.05) is 6.07 Å². The average Bonchev–Trinajstić information content (AvgIpc) is 3.00. The third-order valence-corrected chi connectivity index (χ3v) is 4.02. The second-order valence-electron chi connectivity index (χ2n) is 5.57. The van der Waals surface area contributed by atoms with Gasteiger partial charge in [-0.2, -0.15) is 5.10 Å². The van der Waals surface area contributed by atoms with Crippen LogP contribution in [0.2, 0.25) is 0 Å². The van der Waals surface area contributed by atoms with Crippen LogP contribution in [0.3, 0.4) is 0 Å². The third kappa shape index (κ3) is 2.78. The third-order valence-electron chi connectivity index (χ3n) is 4.02. The molecule has 0 saturated heterocycles. The van der Waals surface area contributed by atoms with E-state index in [2.05, 4.69) is 5.10 Å². The van der Waals surface area contributed by atoms with E-state index in [-0.39, 0.29) is 23.4 Å². The molecule has 0 spiro atoms. The van der Waals surface area contributed by atoms with Crippen molar-refractivity contribution in [3.63, 3.8) is 0 Å². The number of ether oxygens (including phenoxy) is 1. The Hall–Kier alpha value is -3.02. The van der Waals surface area contributed by atoms with Crippen molar-refractivity contribution in [2.75, 3.05) is 7.11 Å². The number of aromatic hydroxyl groups is 2. The first-order chi connectivity index (χ1) is 11.5. The summed E-state index contributed by atoms with van der Waals surface area (Å²) in [5.41, 5.74) is 1.98.